The molecular weight excluding hydrogens is 709 g/mol. The minimum Gasteiger partial charge on any atom is -0.369 e. The molecule has 1 N–H and O–H groups in total. The predicted octanol–water partition coefficient (Wildman–Crippen LogP) is 13.3. The molecule has 0 saturated carbocycles. The van der Waals surface area contributed by atoms with Crippen LogP contribution in [0.1, 0.15) is 44.4 Å². The van der Waals surface area contributed by atoms with Gasteiger partial charge in [0, 0.05) is 33.0 Å². The predicted molar refractivity (Wildman–Crippen MR) is 240 cm³/mol. The maximum Gasteiger partial charge on any atom is 0.263 e. The van der Waals surface area contributed by atoms with Gasteiger partial charge in [0.25, 0.3) is 5.91 Å². The fourth-order valence-corrected chi connectivity index (χ4v) is 9.39. The number of nitrogens with zero attached hydrogens (tertiary/aromatic N) is 2. The molecule has 9 aromatic rings. The molecule has 1 aliphatic rings. The van der Waals surface area contributed by atoms with Gasteiger partial charge in [-0.05, 0) is 67.6 Å². The van der Waals surface area contributed by atoms with Crippen LogP contribution >= 0.6 is 0 Å². The molecule has 280 valence electrons. The second-order valence-corrected chi connectivity index (χ2v) is 15.7. The number of carbonyl (C=O) groups is 1. The van der Waals surface area contributed by atoms with Gasteiger partial charge in [0.15, 0.2) is 6.23 Å². The Morgan fingerprint density at radius 2 is 0.897 bits per heavy atom. The number of anilines is 1. The van der Waals surface area contributed by atoms with Gasteiger partial charge < -0.3 is 9.67 Å². The van der Waals surface area contributed by atoms with E-state index in [1.54, 1.807) is 4.90 Å². The van der Waals surface area contributed by atoms with Crippen molar-refractivity contribution in [2.24, 2.45) is 0 Å². The van der Waals surface area contributed by atoms with Crippen molar-refractivity contribution in [3.63, 3.8) is 0 Å². The summed E-state index contributed by atoms with van der Waals surface area (Å²) in [5.74, 6) is -0.247. The highest BCUT2D eigenvalue weighted by Gasteiger charge is 2.41. The Morgan fingerprint density at radius 1 is 0.431 bits per heavy atom. The van der Waals surface area contributed by atoms with Crippen molar-refractivity contribution in [1.82, 2.24) is 4.57 Å². The highest BCUT2D eigenvalue weighted by atomic mass is 16.3. The minimum absolute atomic E-state index is 0.247. The van der Waals surface area contributed by atoms with Crippen LogP contribution in [0.3, 0.4) is 0 Å². The highest BCUT2D eigenvalue weighted by molar-refractivity contribution is 6.20. The molecular formula is C54H42N2O2. The van der Waals surface area contributed by atoms with Crippen LogP contribution in [-0.4, -0.2) is 15.6 Å². The second kappa shape index (κ2) is 13.9. The van der Waals surface area contributed by atoms with Crippen LogP contribution in [0.2, 0.25) is 0 Å². The van der Waals surface area contributed by atoms with E-state index in [9.17, 15) is 5.11 Å². The van der Waals surface area contributed by atoms with Crippen molar-refractivity contribution in [2.45, 2.75) is 33.9 Å². The summed E-state index contributed by atoms with van der Waals surface area (Å²) in [6.45, 7) is 8.55. The summed E-state index contributed by atoms with van der Waals surface area (Å²) in [6.07, 6.45) is -1.21. The third-order valence-electron chi connectivity index (χ3n) is 11.6. The molecule has 10 rings (SSSR count). The number of fused-ring (bicyclic) bond motifs is 4. The molecule has 1 unspecified atom stereocenters. The van der Waals surface area contributed by atoms with Crippen LogP contribution in [0.15, 0.2) is 170 Å². The summed E-state index contributed by atoms with van der Waals surface area (Å²) in [5, 5.41) is 14.6. The lowest BCUT2D eigenvalue weighted by Crippen LogP contribution is -2.28. The molecule has 0 radical (unpaired) electrons. The van der Waals surface area contributed by atoms with E-state index in [1.165, 1.54) is 22.3 Å². The number of aromatic nitrogens is 1. The van der Waals surface area contributed by atoms with E-state index in [0.717, 1.165) is 72.0 Å². The normalized spacial score (nSPS) is 13.8. The Labute approximate surface area is 338 Å². The summed E-state index contributed by atoms with van der Waals surface area (Å²) in [5.41, 5.74) is 17.5. The molecule has 0 fully saturated rings. The smallest absolute Gasteiger partial charge is 0.263 e. The van der Waals surface area contributed by atoms with Gasteiger partial charge >= 0.3 is 0 Å². The van der Waals surface area contributed by atoms with Crippen LogP contribution < -0.4 is 4.90 Å². The van der Waals surface area contributed by atoms with Crippen LogP contribution in [0.4, 0.5) is 5.69 Å². The van der Waals surface area contributed by atoms with Gasteiger partial charge in [-0.1, -0.05) is 180 Å². The lowest BCUT2D eigenvalue weighted by molar-refractivity contribution is 0.0935. The second-order valence-electron chi connectivity index (χ2n) is 15.7. The molecule has 0 spiro atoms. The first-order valence-corrected chi connectivity index (χ1v) is 19.9. The van der Waals surface area contributed by atoms with Crippen LogP contribution in [-0.2, 0) is 0 Å². The highest BCUT2D eigenvalue weighted by Crippen LogP contribution is 2.48. The SMILES string of the molecule is Cc1cc(C)cc(-c2cccc3c4cccc(-c5cc(C)cc(C)c5)c4n(-c4cccc5c4C(=O)N(c4cccc(-c6ccccc6)c4-c4ccccc4)C5O)c23)c1. The number of aryl methyl sites for hydroxylation is 4. The number of hydrogen-bond acceptors (Lipinski definition) is 2. The Kier molecular flexibility index (Phi) is 8.47. The van der Waals surface area contributed by atoms with Crippen LogP contribution in [0.5, 0.6) is 0 Å². The number of rotatable bonds is 6. The number of carbonyl (C=O) groups excluding carboxylic acids is 1. The summed E-state index contributed by atoms with van der Waals surface area (Å²) < 4.78 is 2.30. The third-order valence-corrected chi connectivity index (χ3v) is 11.6. The molecule has 1 atom stereocenters. The zero-order valence-electron chi connectivity index (χ0n) is 33.0. The molecule has 58 heavy (non-hydrogen) atoms. The maximum atomic E-state index is 15.5. The molecule has 0 bridgehead atoms. The summed E-state index contributed by atoms with van der Waals surface area (Å²) in [4.78, 5) is 17.1. The standard InChI is InChI=1S/C54H42N2O2/c1-33-27-34(2)30-39(29-33)42-20-11-22-44-45-23-12-21-43(40-31-35(3)28-36(4)32-40)52(45)55(51(42)44)48-26-14-24-46-50(48)54(58)56(53(46)57)47-25-13-19-41(37-15-7-5-8-16-37)49(47)38-17-9-6-10-18-38/h5-32,53,57H,1-4H3. The molecule has 1 amide bonds. The number of hydrogen-bond donors (Lipinski definition) is 1. The zero-order valence-corrected chi connectivity index (χ0v) is 33.0. The average molecular weight is 751 g/mol. The quantitative estimate of drug-likeness (QED) is 0.184. The van der Waals surface area contributed by atoms with Crippen molar-refractivity contribution >= 4 is 33.4 Å². The van der Waals surface area contributed by atoms with Gasteiger partial charge in [-0.3, -0.25) is 9.69 Å². The van der Waals surface area contributed by atoms with Crippen LogP contribution in [0, 0.1) is 27.7 Å². The van der Waals surface area contributed by atoms with Gasteiger partial charge in [0.05, 0.1) is 28.0 Å². The van der Waals surface area contributed by atoms with E-state index in [4.69, 9.17) is 0 Å². The molecule has 0 saturated heterocycles. The van der Waals surface area contributed by atoms with Crippen molar-refractivity contribution < 1.29 is 9.90 Å². The number of amides is 1. The van der Waals surface area contributed by atoms with E-state index in [2.05, 4.69) is 135 Å². The lowest BCUT2D eigenvalue weighted by Gasteiger charge is -2.26. The Bertz CT molecular complexity index is 2940. The molecule has 4 nitrogen and oxygen atoms in total. The first-order chi connectivity index (χ1) is 28.3. The number of aliphatic hydroxyl groups excluding tert-OH is 1. The number of benzene rings is 8. The van der Waals surface area contributed by atoms with E-state index >= 15 is 4.79 Å². The Balaban J connectivity index is 1.27. The topological polar surface area (TPSA) is 45.5 Å². The van der Waals surface area contributed by atoms with Crippen molar-refractivity contribution in [3.8, 4) is 50.2 Å². The molecule has 4 heteroatoms. The fourth-order valence-electron chi connectivity index (χ4n) is 9.39. The Morgan fingerprint density at radius 3 is 1.45 bits per heavy atom. The van der Waals surface area contributed by atoms with Crippen molar-refractivity contribution in [1.29, 1.82) is 0 Å². The van der Waals surface area contributed by atoms with E-state index in [0.29, 0.717) is 16.8 Å². The summed E-state index contributed by atoms with van der Waals surface area (Å²) >= 11 is 0. The molecule has 1 aliphatic heterocycles. The van der Waals surface area contributed by atoms with Gasteiger partial charge in [0.2, 0.25) is 0 Å². The number of para-hydroxylation sites is 2. The fraction of sp³-hybridized carbons (Fsp3) is 0.0926. The summed E-state index contributed by atoms with van der Waals surface area (Å²) in [7, 11) is 0. The molecule has 0 aliphatic carbocycles. The third kappa shape index (κ3) is 5.68. The monoisotopic (exact) mass is 750 g/mol. The Hall–Kier alpha value is -7.01. The van der Waals surface area contributed by atoms with Crippen LogP contribution in [0.25, 0.3) is 72.0 Å². The van der Waals surface area contributed by atoms with Gasteiger partial charge in [0.1, 0.15) is 0 Å². The number of aliphatic hydroxyl groups is 1. The minimum atomic E-state index is -1.21. The van der Waals surface area contributed by atoms with Gasteiger partial charge in [-0.25, -0.2) is 0 Å². The van der Waals surface area contributed by atoms with E-state index in [-0.39, 0.29) is 5.91 Å². The van der Waals surface area contributed by atoms with Crippen molar-refractivity contribution in [2.75, 3.05) is 4.90 Å². The lowest BCUT2D eigenvalue weighted by atomic mass is 9.92. The van der Waals surface area contributed by atoms with E-state index in [1.807, 2.05) is 66.7 Å². The largest absolute Gasteiger partial charge is 0.369 e. The van der Waals surface area contributed by atoms with Crippen molar-refractivity contribution in [3.05, 3.63) is 203 Å². The molecule has 8 aromatic carbocycles. The van der Waals surface area contributed by atoms with Gasteiger partial charge in [-0.2, -0.15) is 0 Å². The first-order valence-electron chi connectivity index (χ1n) is 19.9. The zero-order chi connectivity index (χ0) is 39.7. The average Bonchev–Trinajstić information content (AvgIpc) is 3.71. The van der Waals surface area contributed by atoms with E-state index < -0.39 is 6.23 Å². The molecule has 1 aromatic heterocycles. The van der Waals surface area contributed by atoms with Gasteiger partial charge in [-0.15, -0.1) is 0 Å². The first kappa shape index (κ1) is 35.4. The molecule has 2 heterocycles. The summed E-state index contributed by atoms with van der Waals surface area (Å²) in [6, 6.07) is 58.7. The maximum absolute atomic E-state index is 15.5.